The van der Waals surface area contributed by atoms with Crippen LogP contribution in [0.3, 0.4) is 0 Å². The van der Waals surface area contributed by atoms with E-state index in [1.165, 1.54) is 0 Å². The summed E-state index contributed by atoms with van der Waals surface area (Å²) in [7, 11) is 1.61. The number of aryl methyl sites for hydroxylation is 2. The van der Waals surface area contributed by atoms with Gasteiger partial charge in [0, 0.05) is 26.3 Å². The van der Waals surface area contributed by atoms with Crippen molar-refractivity contribution in [2.24, 2.45) is 0 Å². The van der Waals surface area contributed by atoms with Crippen molar-refractivity contribution in [1.29, 1.82) is 0 Å². The molecule has 0 unspecified atom stereocenters. The summed E-state index contributed by atoms with van der Waals surface area (Å²) in [5.74, 6) is 0.757. The third kappa shape index (κ3) is 3.18. The maximum atomic E-state index is 11.6. The first-order chi connectivity index (χ1) is 11.1. The van der Waals surface area contributed by atoms with Crippen LogP contribution in [0.4, 0.5) is 5.82 Å². The molecule has 1 amide bonds. The largest absolute Gasteiger partial charge is 0.354 e. The van der Waals surface area contributed by atoms with E-state index in [1.807, 2.05) is 17.8 Å². The van der Waals surface area contributed by atoms with Gasteiger partial charge in [0.2, 0.25) is 0 Å². The van der Waals surface area contributed by atoms with Gasteiger partial charge < -0.3 is 10.2 Å². The predicted molar refractivity (Wildman–Crippen MR) is 87.6 cm³/mol. The van der Waals surface area contributed by atoms with Gasteiger partial charge in [0.25, 0.3) is 5.91 Å². The molecule has 0 spiro atoms. The molecule has 2 aromatic heterocycles. The Labute approximate surface area is 135 Å². The zero-order valence-electron chi connectivity index (χ0n) is 13.8. The van der Waals surface area contributed by atoms with Gasteiger partial charge in [-0.05, 0) is 44.4 Å². The molecule has 1 saturated heterocycles. The van der Waals surface area contributed by atoms with Crippen LogP contribution < -0.4 is 10.2 Å². The summed E-state index contributed by atoms with van der Waals surface area (Å²) < 4.78 is 1.89. The van der Waals surface area contributed by atoms with Crippen LogP contribution in [-0.4, -0.2) is 46.0 Å². The second-order valence-electron chi connectivity index (χ2n) is 5.97. The lowest BCUT2D eigenvalue weighted by Gasteiger charge is -2.33. The normalized spacial score (nSPS) is 18.0. The second kappa shape index (κ2) is 6.36. The van der Waals surface area contributed by atoms with Crippen molar-refractivity contribution in [3.8, 4) is 0 Å². The number of anilines is 1. The molecule has 23 heavy (non-hydrogen) atoms. The van der Waals surface area contributed by atoms with Crippen molar-refractivity contribution >= 4 is 11.7 Å². The number of carbonyl (C=O) groups excluding carboxylic acids is 1. The molecule has 1 aliphatic rings. The van der Waals surface area contributed by atoms with Gasteiger partial charge in [0.1, 0.15) is 5.69 Å². The first-order valence-electron chi connectivity index (χ1n) is 7.91. The molecule has 7 nitrogen and oxygen atoms in total. The van der Waals surface area contributed by atoms with Crippen LogP contribution in [0.1, 0.15) is 40.6 Å². The molecule has 0 saturated carbocycles. The number of nitrogens with zero attached hydrogens (tertiary/aromatic N) is 5. The molecule has 7 heteroatoms. The van der Waals surface area contributed by atoms with E-state index in [1.54, 1.807) is 13.1 Å². The van der Waals surface area contributed by atoms with Crippen molar-refractivity contribution in [1.82, 2.24) is 25.3 Å². The van der Waals surface area contributed by atoms with Gasteiger partial charge in [-0.2, -0.15) is 10.2 Å². The molecule has 0 aliphatic carbocycles. The van der Waals surface area contributed by atoms with Crippen LogP contribution >= 0.6 is 0 Å². The van der Waals surface area contributed by atoms with Crippen molar-refractivity contribution in [2.45, 2.75) is 32.7 Å². The highest BCUT2D eigenvalue weighted by atomic mass is 16.1. The summed E-state index contributed by atoms with van der Waals surface area (Å²) in [4.78, 5) is 13.9. The first-order valence-corrected chi connectivity index (χ1v) is 7.91. The number of rotatable bonds is 3. The van der Waals surface area contributed by atoms with E-state index in [0.717, 1.165) is 43.0 Å². The van der Waals surface area contributed by atoms with Gasteiger partial charge in [-0.15, -0.1) is 5.10 Å². The fourth-order valence-electron chi connectivity index (χ4n) is 2.86. The van der Waals surface area contributed by atoms with Crippen LogP contribution in [0, 0.1) is 13.8 Å². The molecule has 3 rings (SSSR count). The van der Waals surface area contributed by atoms with Crippen LogP contribution in [0.15, 0.2) is 18.3 Å². The van der Waals surface area contributed by atoms with Crippen LogP contribution in [0.5, 0.6) is 0 Å². The molecule has 122 valence electrons. The molecule has 2 aromatic rings. The maximum Gasteiger partial charge on any atom is 0.271 e. The molecule has 0 bridgehead atoms. The first kappa shape index (κ1) is 15.5. The highest BCUT2D eigenvalue weighted by Gasteiger charge is 2.24. The summed E-state index contributed by atoms with van der Waals surface area (Å²) in [6.45, 7) is 5.82. The molecule has 1 atom stereocenters. The third-order valence-corrected chi connectivity index (χ3v) is 4.38. The van der Waals surface area contributed by atoms with Gasteiger partial charge in [-0.25, -0.2) is 0 Å². The summed E-state index contributed by atoms with van der Waals surface area (Å²) in [6.07, 6.45) is 3.99. The summed E-state index contributed by atoms with van der Waals surface area (Å²) in [5.41, 5.74) is 2.57. The summed E-state index contributed by atoms with van der Waals surface area (Å²) >= 11 is 0. The number of nitrogens with one attached hydrogen (secondary N) is 1. The van der Waals surface area contributed by atoms with E-state index in [0.29, 0.717) is 5.69 Å². The Kier molecular flexibility index (Phi) is 4.27. The number of amides is 1. The molecule has 1 N–H and O–H groups in total. The van der Waals surface area contributed by atoms with Crippen molar-refractivity contribution < 1.29 is 4.79 Å². The molecule has 3 heterocycles. The molecular formula is C16H22N6O. The lowest BCUT2D eigenvalue weighted by atomic mass is 10.1. The van der Waals surface area contributed by atoms with Crippen LogP contribution in [-0.2, 0) is 0 Å². The topological polar surface area (TPSA) is 75.9 Å². The quantitative estimate of drug-likeness (QED) is 0.929. The fraction of sp³-hybridized carbons (Fsp3) is 0.500. The van der Waals surface area contributed by atoms with E-state index in [9.17, 15) is 4.79 Å². The maximum absolute atomic E-state index is 11.6. The Hall–Kier alpha value is -2.44. The smallest absolute Gasteiger partial charge is 0.271 e. The Morgan fingerprint density at radius 3 is 2.91 bits per heavy atom. The van der Waals surface area contributed by atoms with Crippen LogP contribution in [0.2, 0.25) is 0 Å². The Morgan fingerprint density at radius 1 is 1.35 bits per heavy atom. The monoisotopic (exact) mass is 314 g/mol. The summed E-state index contributed by atoms with van der Waals surface area (Å²) in [5, 5.41) is 15.5. The van der Waals surface area contributed by atoms with Crippen LogP contribution in [0.25, 0.3) is 0 Å². The summed E-state index contributed by atoms with van der Waals surface area (Å²) in [6, 6.07) is 4.09. The van der Waals surface area contributed by atoms with Gasteiger partial charge in [-0.1, -0.05) is 0 Å². The van der Waals surface area contributed by atoms with Crippen molar-refractivity contribution in [3.63, 3.8) is 0 Å². The highest BCUT2D eigenvalue weighted by Crippen LogP contribution is 2.25. The van der Waals surface area contributed by atoms with Crippen molar-refractivity contribution in [3.05, 3.63) is 35.3 Å². The fourth-order valence-corrected chi connectivity index (χ4v) is 2.86. The number of carbonyl (C=O) groups is 1. The molecule has 1 aliphatic heterocycles. The zero-order valence-corrected chi connectivity index (χ0v) is 13.8. The Balaban J connectivity index is 1.76. The van der Waals surface area contributed by atoms with E-state index < -0.39 is 0 Å². The SMILES string of the molecule is CNC(=O)c1ccn([C@H]2CCCN(c3cc(C)c(C)nn3)C2)n1. The molecular weight excluding hydrogens is 292 g/mol. The van der Waals surface area contributed by atoms with Crippen molar-refractivity contribution in [2.75, 3.05) is 25.0 Å². The number of hydrogen-bond acceptors (Lipinski definition) is 5. The highest BCUT2D eigenvalue weighted by molar-refractivity contribution is 5.91. The van der Waals surface area contributed by atoms with E-state index in [2.05, 4.69) is 38.5 Å². The lowest BCUT2D eigenvalue weighted by Crippen LogP contribution is -2.37. The molecule has 0 aromatic carbocycles. The zero-order chi connectivity index (χ0) is 16.4. The minimum absolute atomic E-state index is 0.156. The standard InChI is InChI=1S/C16H22N6O/c1-11-9-15(19-18-12(11)2)21-7-4-5-13(10-21)22-8-6-14(20-22)16(23)17-3/h6,8-9,13H,4-5,7,10H2,1-3H3,(H,17,23)/t13-/m0/s1. The number of hydrogen-bond donors (Lipinski definition) is 1. The van der Waals surface area contributed by atoms with Gasteiger partial charge in [0.05, 0.1) is 11.7 Å². The van der Waals surface area contributed by atoms with E-state index in [-0.39, 0.29) is 11.9 Å². The lowest BCUT2D eigenvalue weighted by molar-refractivity contribution is 0.0957. The average molecular weight is 314 g/mol. The van der Waals surface area contributed by atoms with E-state index >= 15 is 0 Å². The minimum atomic E-state index is -0.156. The molecule has 1 fully saturated rings. The van der Waals surface area contributed by atoms with Gasteiger partial charge in [0.15, 0.2) is 5.82 Å². The third-order valence-electron chi connectivity index (χ3n) is 4.38. The van der Waals surface area contributed by atoms with Gasteiger partial charge in [-0.3, -0.25) is 9.48 Å². The van der Waals surface area contributed by atoms with E-state index in [4.69, 9.17) is 0 Å². The number of piperidine rings is 1. The predicted octanol–water partition coefficient (Wildman–Crippen LogP) is 1.49. The second-order valence-corrected chi connectivity index (χ2v) is 5.97. The molecule has 0 radical (unpaired) electrons. The number of aromatic nitrogens is 4. The minimum Gasteiger partial charge on any atom is -0.354 e. The Bertz CT molecular complexity index is 710. The van der Waals surface area contributed by atoms with Gasteiger partial charge >= 0.3 is 0 Å². The average Bonchev–Trinajstić information content (AvgIpc) is 3.07. The Morgan fingerprint density at radius 2 is 2.17 bits per heavy atom.